The molecular weight excluding hydrogens is 328 g/mol. The molecule has 24 heavy (non-hydrogen) atoms. The van der Waals surface area contributed by atoms with Crippen molar-refractivity contribution < 1.29 is 14.3 Å². The average Bonchev–Trinajstić information content (AvgIpc) is 3.01. The first-order chi connectivity index (χ1) is 11.6. The van der Waals surface area contributed by atoms with Crippen molar-refractivity contribution in [1.82, 2.24) is 9.80 Å². The van der Waals surface area contributed by atoms with E-state index >= 15 is 0 Å². The molecule has 1 aromatic rings. The number of benzene rings is 1. The molecule has 0 aliphatic carbocycles. The SMILES string of the molecule is COCCN1CCCC2(CCN(C(=O)c3cccc(Cl)c3)C2)C1=O. The zero-order chi connectivity index (χ0) is 17.2. The number of hydrogen-bond donors (Lipinski definition) is 0. The van der Waals surface area contributed by atoms with Crippen molar-refractivity contribution in [3.63, 3.8) is 0 Å². The van der Waals surface area contributed by atoms with Gasteiger partial charge >= 0.3 is 0 Å². The lowest BCUT2D eigenvalue weighted by molar-refractivity contribution is -0.146. The van der Waals surface area contributed by atoms with Crippen LogP contribution in [0.5, 0.6) is 0 Å². The molecule has 2 fully saturated rings. The Balaban J connectivity index is 1.71. The number of piperidine rings is 1. The van der Waals surface area contributed by atoms with Crippen molar-refractivity contribution in [3.05, 3.63) is 34.9 Å². The summed E-state index contributed by atoms with van der Waals surface area (Å²) in [6, 6.07) is 6.98. The fourth-order valence-corrected chi connectivity index (χ4v) is 3.99. The number of carbonyl (C=O) groups excluding carboxylic acids is 2. The van der Waals surface area contributed by atoms with Crippen LogP contribution in [0, 0.1) is 5.41 Å². The van der Waals surface area contributed by atoms with Gasteiger partial charge in [-0.15, -0.1) is 0 Å². The van der Waals surface area contributed by atoms with Crippen LogP contribution in [-0.2, 0) is 9.53 Å². The van der Waals surface area contributed by atoms with Gasteiger partial charge in [0.05, 0.1) is 12.0 Å². The highest BCUT2D eigenvalue weighted by Gasteiger charge is 2.49. The van der Waals surface area contributed by atoms with Crippen LogP contribution in [0.25, 0.3) is 0 Å². The minimum Gasteiger partial charge on any atom is -0.383 e. The lowest BCUT2D eigenvalue weighted by Gasteiger charge is -2.39. The Morgan fingerprint density at radius 2 is 2.17 bits per heavy atom. The monoisotopic (exact) mass is 350 g/mol. The quantitative estimate of drug-likeness (QED) is 0.838. The summed E-state index contributed by atoms with van der Waals surface area (Å²) in [6.45, 7) is 3.08. The molecule has 130 valence electrons. The van der Waals surface area contributed by atoms with Gasteiger partial charge in [-0.25, -0.2) is 0 Å². The molecule has 1 atom stereocenters. The number of methoxy groups -OCH3 is 1. The van der Waals surface area contributed by atoms with Crippen molar-refractivity contribution in [2.75, 3.05) is 39.9 Å². The molecule has 2 aliphatic rings. The van der Waals surface area contributed by atoms with E-state index < -0.39 is 5.41 Å². The summed E-state index contributed by atoms with van der Waals surface area (Å²) in [5, 5.41) is 0.550. The summed E-state index contributed by atoms with van der Waals surface area (Å²) in [5.74, 6) is 0.128. The third kappa shape index (κ3) is 3.28. The number of ether oxygens (including phenoxy) is 1. The predicted octanol–water partition coefficient (Wildman–Crippen LogP) is 2.44. The lowest BCUT2D eigenvalue weighted by atomic mass is 9.78. The molecule has 1 spiro atoms. The van der Waals surface area contributed by atoms with Crippen LogP contribution >= 0.6 is 11.6 Å². The van der Waals surface area contributed by atoms with Gasteiger partial charge in [-0.3, -0.25) is 9.59 Å². The van der Waals surface area contributed by atoms with Gasteiger partial charge in [0.15, 0.2) is 0 Å². The van der Waals surface area contributed by atoms with Gasteiger partial charge in [-0.2, -0.15) is 0 Å². The van der Waals surface area contributed by atoms with Gasteiger partial charge in [0.2, 0.25) is 5.91 Å². The summed E-state index contributed by atoms with van der Waals surface area (Å²) >= 11 is 5.99. The molecule has 0 N–H and O–H groups in total. The molecule has 0 radical (unpaired) electrons. The van der Waals surface area contributed by atoms with Crippen LogP contribution in [0.1, 0.15) is 29.6 Å². The van der Waals surface area contributed by atoms with E-state index in [2.05, 4.69) is 0 Å². The van der Waals surface area contributed by atoms with E-state index in [9.17, 15) is 9.59 Å². The lowest BCUT2D eigenvalue weighted by Crippen LogP contribution is -2.51. The second kappa shape index (κ2) is 7.11. The highest BCUT2D eigenvalue weighted by molar-refractivity contribution is 6.30. The molecule has 2 aliphatic heterocycles. The molecule has 1 aromatic carbocycles. The third-order valence-electron chi connectivity index (χ3n) is 5.10. The summed E-state index contributed by atoms with van der Waals surface area (Å²) in [6.07, 6.45) is 2.57. The first kappa shape index (κ1) is 17.2. The van der Waals surface area contributed by atoms with Crippen molar-refractivity contribution >= 4 is 23.4 Å². The Morgan fingerprint density at radius 1 is 1.33 bits per heavy atom. The Morgan fingerprint density at radius 3 is 2.92 bits per heavy atom. The number of halogens is 1. The maximum Gasteiger partial charge on any atom is 0.253 e. The Labute approximate surface area is 147 Å². The number of likely N-dealkylation sites (tertiary alicyclic amines) is 2. The van der Waals surface area contributed by atoms with Crippen LogP contribution in [0.15, 0.2) is 24.3 Å². The molecule has 2 saturated heterocycles. The Hall–Kier alpha value is -1.59. The fourth-order valence-electron chi connectivity index (χ4n) is 3.80. The molecule has 1 unspecified atom stereocenters. The number of amides is 2. The molecule has 3 rings (SSSR count). The highest BCUT2D eigenvalue weighted by Crippen LogP contribution is 2.40. The fraction of sp³-hybridized carbons (Fsp3) is 0.556. The van der Waals surface area contributed by atoms with Crippen LogP contribution in [-0.4, -0.2) is 61.5 Å². The second-order valence-electron chi connectivity index (χ2n) is 6.66. The Kier molecular flexibility index (Phi) is 5.11. The van der Waals surface area contributed by atoms with E-state index in [0.29, 0.717) is 36.8 Å². The van der Waals surface area contributed by atoms with Gasteiger partial charge in [0.1, 0.15) is 0 Å². The summed E-state index contributed by atoms with van der Waals surface area (Å²) in [4.78, 5) is 29.3. The molecule has 0 bridgehead atoms. The van der Waals surface area contributed by atoms with Gasteiger partial charge in [0.25, 0.3) is 5.91 Å². The second-order valence-corrected chi connectivity index (χ2v) is 7.09. The zero-order valence-electron chi connectivity index (χ0n) is 14.0. The molecule has 0 aromatic heterocycles. The van der Waals surface area contributed by atoms with Crippen molar-refractivity contribution in [2.45, 2.75) is 19.3 Å². The summed E-state index contributed by atoms with van der Waals surface area (Å²) in [5.41, 5.74) is 0.166. The molecule has 5 nitrogen and oxygen atoms in total. The van der Waals surface area contributed by atoms with Crippen LogP contribution in [0.4, 0.5) is 0 Å². The molecular formula is C18H23ClN2O3. The standard InChI is InChI=1S/C18H23ClN2O3/c1-24-11-10-20-8-3-6-18(17(20)23)7-9-21(13-18)16(22)14-4-2-5-15(19)12-14/h2,4-5,12H,3,6-11,13H2,1H3. The minimum atomic E-state index is -0.416. The van der Waals surface area contributed by atoms with Crippen LogP contribution < -0.4 is 0 Å². The molecule has 6 heteroatoms. The average molecular weight is 351 g/mol. The van der Waals surface area contributed by atoms with E-state index in [1.807, 2.05) is 4.90 Å². The summed E-state index contributed by atoms with van der Waals surface area (Å²) < 4.78 is 5.10. The highest BCUT2D eigenvalue weighted by atomic mass is 35.5. The van der Waals surface area contributed by atoms with E-state index in [1.54, 1.807) is 36.3 Å². The van der Waals surface area contributed by atoms with Gasteiger partial charge in [-0.05, 0) is 37.5 Å². The maximum atomic E-state index is 12.9. The van der Waals surface area contributed by atoms with E-state index in [4.69, 9.17) is 16.3 Å². The number of rotatable bonds is 4. The topological polar surface area (TPSA) is 49.9 Å². The van der Waals surface area contributed by atoms with E-state index in [0.717, 1.165) is 25.8 Å². The third-order valence-corrected chi connectivity index (χ3v) is 5.34. The van der Waals surface area contributed by atoms with Gasteiger partial charge < -0.3 is 14.5 Å². The van der Waals surface area contributed by atoms with Crippen LogP contribution in [0.2, 0.25) is 5.02 Å². The van der Waals surface area contributed by atoms with E-state index in [1.165, 1.54) is 0 Å². The largest absolute Gasteiger partial charge is 0.383 e. The maximum absolute atomic E-state index is 12.9. The van der Waals surface area contributed by atoms with Crippen molar-refractivity contribution in [1.29, 1.82) is 0 Å². The smallest absolute Gasteiger partial charge is 0.253 e. The van der Waals surface area contributed by atoms with Crippen LogP contribution in [0.3, 0.4) is 0 Å². The van der Waals surface area contributed by atoms with Crippen molar-refractivity contribution in [3.8, 4) is 0 Å². The zero-order valence-corrected chi connectivity index (χ0v) is 14.7. The van der Waals surface area contributed by atoms with E-state index in [-0.39, 0.29) is 11.8 Å². The van der Waals surface area contributed by atoms with Gasteiger partial charge in [0, 0.05) is 43.9 Å². The van der Waals surface area contributed by atoms with Crippen molar-refractivity contribution in [2.24, 2.45) is 5.41 Å². The summed E-state index contributed by atoms with van der Waals surface area (Å²) in [7, 11) is 1.64. The number of carbonyl (C=O) groups is 2. The normalized spacial score (nSPS) is 24.0. The first-order valence-electron chi connectivity index (χ1n) is 8.39. The molecule has 0 saturated carbocycles. The number of nitrogens with zero attached hydrogens (tertiary/aromatic N) is 2. The van der Waals surface area contributed by atoms with Gasteiger partial charge in [-0.1, -0.05) is 17.7 Å². The molecule has 2 amide bonds. The number of hydrogen-bond acceptors (Lipinski definition) is 3. The molecule has 2 heterocycles. The predicted molar refractivity (Wildman–Crippen MR) is 92.1 cm³/mol. The first-order valence-corrected chi connectivity index (χ1v) is 8.77. The minimum absolute atomic E-state index is 0.0452. The Bertz CT molecular complexity index is 636.